The van der Waals surface area contributed by atoms with Crippen LogP contribution in [0.5, 0.6) is 6.01 Å². The lowest BCUT2D eigenvalue weighted by molar-refractivity contribution is -0.154. The number of halogens is 7. The van der Waals surface area contributed by atoms with Crippen molar-refractivity contribution in [3.63, 3.8) is 0 Å². The lowest BCUT2D eigenvalue weighted by Gasteiger charge is -2.22. The Morgan fingerprint density at radius 1 is 1.07 bits per heavy atom. The number of ether oxygens (including phenoxy) is 1. The average Bonchev–Trinajstić information content (AvgIpc) is 3.55. The van der Waals surface area contributed by atoms with Crippen LogP contribution < -0.4 is 4.74 Å². The second-order valence-electron chi connectivity index (χ2n) is 8.80. The number of nitrogens with zero attached hydrogens (tertiary/aromatic N) is 3. The van der Waals surface area contributed by atoms with Crippen molar-refractivity contribution in [2.24, 2.45) is 0 Å². The van der Waals surface area contributed by atoms with Gasteiger partial charge in [0, 0.05) is 24.2 Å². The van der Waals surface area contributed by atoms with E-state index in [-0.39, 0.29) is 51.3 Å². The minimum Gasteiger partial charge on any atom is -0.454 e. The number of hydrogen-bond donors (Lipinski definition) is 0. The smallest absolute Gasteiger partial charge is 0.422 e. The molecule has 0 spiro atoms. The molecule has 7 nitrogen and oxygen atoms in total. The fraction of sp³-hybridized carbons (Fsp3) is 0.375. The van der Waals surface area contributed by atoms with E-state index >= 15 is 0 Å². The molecule has 0 N–H and O–H groups in total. The van der Waals surface area contributed by atoms with Crippen LogP contribution in [0.4, 0.5) is 26.3 Å². The van der Waals surface area contributed by atoms with Crippen LogP contribution in [-0.4, -0.2) is 53.8 Å². The summed E-state index contributed by atoms with van der Waals surface area (Å²) in [4.78, 5) is 20.9. The summed E-state index contributed by atoms with van der Waals surface area (Å²) in [5.41, 5.74) is -0.691. The van der Waals surface area contributed by atoms with Gasteiger partial charge in [0.25, 0.3) is 10.0 Å². The van der Waals surface area contributed by atoms with Crippen LogP contribution in [0.3, 0.4) is 0 Å². The highest BCUT2D eigenvalue weighted by Crippen LogP contribution is 2.34. The Kier molecular flexibility index (Phi) is 8.78. The van der Waals surface area contributed by atoms with E-state index in [1.54, 1.807) is 0 Å². The first-order valence-electron chi connectivity index (χ1n) is 11.7. The molecule has 40 heavy (non-hydrogen) atoms. The molecule has 16 heteroatoms. The number of carbonyl (C=O) groups excluding carboxylic acids is 1. The molecule has 0 radical (unpaired) electrons. The molecule has 0 saturated carbocycles. The normalized spacial score (nSPS) is 16.8. The molecule has 1 aliphatic heterocycles. The fourth-order valence-corrected chi connectivity index (χ4v) is 7.40. The van der Waals surface area contributed by atoms with Gasteiger partial charge in [-0.25, -0.2) is 13.4 Å². The predicted molar refractivity (Wildman–Crippen MR) is 134 cm³/mol. The van der Waals surface area contributed by atoms with Crippen LogP contribution in [0.1, 0.15) is 30.5 Å². The third-order valence-corrected chi connectivity index (χ3v) is 9.55. The number of ketones is 1. The van der Waals surface area contributed by atoms with Crippen molar-refractivity contribution in [2.45, 2.75) is 48.3 Å². The van der Waals surface area contributed by atoms with E-state index in [1.165, 1.54) is 18.2 Å². The molecule has 1 saturated heterocycles. The average molecular weight is 628 g/mol. The summed E-state index contributed by atoms with van der Waals surface area (Å²) in [6.07, 6.45) is -8.85. The molecular weight excluding hydrogens is 608 g/mol. The number of benzene rings is 1. The van der Waals surface area contributed by atoms with Crippen LogP contribution in [-0.2, 0) is 27.4 Å². The zero-order chi connectivity index (χ0) is 29.3. The maximum atomic E-state index is 13.1. The first kappa shape index (κ1) is 30.2. The van der Waals surface area contributed by atoms with Gasteiger partial charge in [-0.15, -0.1) is 11.3 Å². The van der Waals surface area contributed by atoms with Crippen molar-refractivity contribution in [1.29, 1.82) is 0 Å². The van der Waals surface area contributed by atoms with Crippen molar-refractivity contribution in [3.05, 3.63) is 58.1 Å². The number of hydrogen-bond acceptors (Lipinski definition) is 7. The third kappa shape index (κ3) is 7.30. The molecule has 1 atom stereocenters. The summed E-state index contributed by atoms with van der Waals surface area (Å²) in [6, 6.07) is 6.31. The Balaban J connectivity index is 1.54. The van der Waals surface area contributed by atoms with E-state index < -0.39 is 52.4 Å². The minimum atomic E-state index is -4.70. The molecule has 1 aromatic carbocycles. The summed E-state index contributed by atoms with van der Waals surface area (Å²) in [6.45, 7) is -1.57. The van der Waals surface area contributed by atoms with Gasteiger partial charge in [0.05, 0.1) is 21.6 Å². The van der Waals surface area contributed by atoms with Crippen LogP contribution in [0.2, 0.25) is 4.34 Å². The maximum absolute atomic E-state index is 13.1. The van der Waals surface area contributed by atoms with Gasteiger partial charge in [0.1, 0.15) is 4.21 Å². The fourth-order valence-electron chi connectivity index (χ4n) is 4.11. The van der Waals surface area contributed by atoms with E-state index in [4.69, 9.17) is 11.6 Å². The Morgan fingerprint density at radius 3 is 2.38 bits per heavy atom. The highest BCUT2D eigenvalue weighted by Gasteiger charge is 2.39. The van der Waals surface area contributed by atoms with Gasteiger partial charge in [-0.1, -0.05) is 23.7 Å². The number of Topliss-reactive ketones (excluding diaryl/α,β-unsaturated/α-hetero) is 1. The van der Waals surface area contributed by atoms with Crippen molar-refractivity contribution in [3.8, 4) is 17.3 Å². The number of aryl methyl sites for hydroxylation is 1. The highest BCUT2D eigenvalue weighted by molar-refractivity contribution is 7.91. The van der Waals surface area contributed by atoms with Crippen LogP contribution in [0.15, 0.2) is 46.7 Å². The summed E-state index contributed by atoms with van der Waals surface area (Å²) >= 11 is 6.73. The zero-order valence-corrected chi connectivity index (χ0v) is 22.7. The minimum absolute atomic E-state index is 0.000592. The van der Waals surface area contributed by atoms with Crippen LogP contribution in [0.25, 0.3) is 11.3 Å². The molecule has 1 aliphatic rings. The summed E-state index contributed by atoms with van der Waals surface area (Å²) in [5, 5.41) is 0. The van der Waals surface area contributed by atoms with E-state index in [9.17, 15) is 39.6 Å². The number of alkyl halides is 6. The first-order valence-corrected chi connectivity index (χ1v) is 14.3. The van der Waals surface area contributed by atoms with E-state index in [2.05, 4.69) is 14.7 Å². The summed E-state index contributed by atoms with van der Waals surface area (Å²) < 4.78 is 109. The van der Waals surface area contributed by atoms with Gasteiger partial charge in [-0.2, -0.15) is 35.6 Å². The van der Waals surface area contributed by atoms with Gasteiger partial charge in [-0.3, -0.25) is 4.79 Å². The Bertz CT molecular complexity index is 1480. The van der Waals surface area contributed by atoms with Gasteiger partial charge < -0.3 is 4.74 Å². The standard InChI is InChI=1S/C24H20ClF6N3O4S2/c25-20-9-10-21(39-20)40(36,37)34-11-1-2-18(34)19(35)8-7-16-12-17(33-22(32-16)38-13-23(26,27)28)14-3-5-15(6-4-14)24(29,30)31/h3-6,9-10,12,18H,1-2,7-8,11,13H2/t18-/m0/s1. The molecule has 0 bridgehead atoms. The van der Waals surface area contributed by atoms with E-state index in [0.717, 1.165) is 39.9 Å². The molecule has 3 heterocycles. The number of rotatable bonds is 9. The topological polar surface area (TPSA) is 89.5 Å². The molecule has 3 aromatic rings. The number of sulfonamides is 1. The monoisotopic (exact) mass is 627 g/mol. The largest absolute Gasteiger partial charge is 0.454 e. The summed E-state index contributed by atoms with van der Waals surface area (Å²) in [5.74, 6) is -0.420. The molecule has 1 fully saturated rings. The predicted octanol–water partition coefficient (Wildman–Crippen LogP) is 6.17. The van der Waals surface area contributed by atoms with E-state index in [1.807, 2.05) is 0 Å². The molecule has 2 aromatic heterocycles. The lowest BCUT2D eigenvalue weighted by Crippen LogP contribution is -2.40. The summed E-state index contributed by atoms with van der Waals surface area (Å²) in [7, 11) is -3.97. The molecule has 0 amide bonds. The number of aromatic nitrogens is 2. The second-order valence-corrected chi connectivity index (χ2v) is 12.6. The van der Waals surface area contributed by atoms with Crippen molar-refractivity contribution in [1.82, 2.24) is 14.3 Å². The molecule has 216 valence electrons. The maximum Gasteiger partial charge on any atom is 0.422 e. The van der Waals surface area contributed by atoms with Gasteiger partial charge >= 0.3 is 18.4 Å². The van der Waals surface area contributed by atoms with Crippen molar-refractivity contribution < 1.29 is 44.3 Å². The molecular formula is C24H20ClF6N3O4S2. The second kappa shape index (κ2) is 11.6. The van der Waals surface area contributed by atoms with Crippen LogP contribution in [0, 0.1) is 0 Å². The Morgan fingerprint density at radius 2 is 1.77 bits per heavy atom. The van der Waals surface area contributed by atoms with Gasteiger partial charge in [0.15, 0.2) is 12.4 Å². The quantitative estimate of drug-likeness (QED) is 0.264. The first-order chi connectivity index (χ1) is 18.6. The van der Waals surface area contributed by atoms with Crippen molar-refractivity contribution >= 4 is 38.7 Å². The Hall–Kier alpha value is -2.75. The third-order valence-electron chi connectivity index (χ3n) is 5.95. The Labute approximate surface area is 233 Å². The zero-order valence-electron chi connectivity index (χ0n) is 20.3. The van der Waals surface area contributed by atoms with Crippen molar-refractivity contribution in [2.75, 3.05) is 13.2 Å². The molecule has 0 unspecified atom stereocenters. The number of thiophene rings is 1. The molecule has 4 rings (SSSR count). The SMILES string of the molecule is O=C(CCc1cc(-c2ccc(C(F)(F)F)cc2)nc(OCC(F)(F)F)n1)[C@@H]1CCCN1S(=O)(=O)c1ccc(Cl)s1. The highest BCUT2D eigenvalue weighted by atomic mass is 35.5. The lowest BCUT2D eigenvalue weighted by atomic mass is 10.0. The molecule has 0 aliphatic carbocycles. The van der Waals surface area contributed by atoms with Gasteiger partial charge in [-0.05, 0) is 49.6 Å². The van der Waals surface area contributed by atoms with Crippen LogP contribution >= 0.6 is 22.9 Å². The number of carbonyl (C=O) groups is 1. The van der Waals surface area contributed by atoms with E-state index in [0.29, 0.717) is 6.42 Å². The van der Waals surface area contributed by atoms with Gasteiger partial charge in [0.2, 0.25) is 0 Å².